The van der Waals surface area contributed by atoms with Gasteiger partial charge in [0.15, 0.2) is 5.82 Å². The standard InChI is InChI=1S/C15H13N5O/c16-15(21)17-14-13(11-7-3-1-4-8-11)18-20(19-14)12-9-5-2-6-10-12/h1-10H,(H3,16,17,19,21). The topological polar surface area (TPSA) is 85.8 Å². The molecular weight excluding hydrogens is 266 g/mol. The number of nitrogens with one attached hydrogen (secondary N) is 1. The van der Waals surface area contributed by atoms with Crippen LogP contribution < -0.4 is 11.1 Å². The largest absolute Gasteiger partial charge is 0.351 e. The summed E-state index contributed by atoms with van der Waals surface area (Å²) in [5, 5.41) is 11.2. The third kappa shape index (κ3) is 2.74. The Balaban J connectivity index is 2.10. The van der Waals surface area contributed by atoms with Crippen LogP contribution in [0.5, 0.6) is 0 Å². The lowest BCUT2D eigenvalue weighted by molar-refractivity contribution is 0.259. The first-order chi connectivity index (χ1) is 10.2. The van der Waals surface area contributed by atoms with E-state index in [4.69, 9.17) is 5.73 Å². The molecule has 3 aromatic rings. The minimum absolute atomic E-state index is 0.331. The number of para-hydroxylation sites is 1. The molecule has 2 amide bonds. The van der Waals surface area contributed by atoms with E-state index in [2.05, 4.69) is 15.5 Å². The van der Waals surface area contributed by atoms with Crippen molar-refractivity contribution in [3.05, 3.63) is 60.7 Å². The van der Waals surface area contributed by atoms with Crippen molar-refractivity contribution < 1.29 is 4.79 Å². The Morgan fingerprint density at radius 3 is 2.19 bits per heavy atom. The van der Waals surface area contributed by atoms with E-state index in [1.165, 1.54) is 4.80 Å². The Labute approximate surface area is 121 Å². The van der Waals surface area contributed by atoms with Crippen molar-refractivity contribution in [3.63, 3.8) is 0 Å². The first-order valence-corrected chi connectivity index (χ1v) is 6.38. The van der Waals surface area contributed by atoms with Gasteiger partial charge in [0.05, 0.1) is 5.69 Å². The molecule has 6 heteroatoms. The van der Waals surface area contributed by atoms with Gasteiger partial charge in [-0.2, -0.15) is 0 Å². The number of anilines is 1. The number of primary amides is 1. The summed E-state index contributed by atoms with van der Waals surface area (Å²) in [6, 6.07) is 18.3. The molecule has 0 fully saturated rings. The summed E-state index contributed by atoms with van der Waals surface area (Å²) in [6.45, 7) is 0. The minimum Gasteiger partial charge on any atom is -0.351 e. The zero-order chi connectivity index (χ0) is 14.7. The lowest BCUT2D eigenvalue weighted by Crippen LogP contribution is -2.20. The number of nitrogens with two attached hydrogens (primary N) is 1. The van der Waals surface area contributed by atoms with Gasteiger partial charge in [-0.3, -0.25) is 5.32 Å². The first-order valence-electron chi connectivity index (χ1n) is 6.38. The molecule has 0 saturated carbocycles. The highest BCUT2D eigenvalue weighted by Crippen LogP contribution is 2.24. The van der Waals surface area contributed by atoms with Gasteiger partial charge in [0.25, 0.3) is 0 Å². The van der Waals surface area contributed by atoms with Crippen LogP contribution in [0, 0.1) is 0 Å². The van der Waals surface area contributed by atoms with Crippen LogP contribution in [-0.4, -0.2) is 21.0 Å². The van der Waals surface area contributed by atoms with E-state index in [9.17, 15) is 4.79 Å². The van der Waals surface area contributed by atoms with Gasteiger partial charge in [-0.25, -0.2) is 4.79 Å². The van der Waals surface area contributed by atoms with Crippen LogP contribution in [0.15, 0.2) is 60.7 Å². The van der Waals surface area contributed by atoms with Crippen molar-refractivity contribution in [2.24, 2.45) is 5.73 Å². The summed E-state index contributed by atoms with van der Waals surface area (Å²) >= 11 is 0. The molecule has 0 spiro atoms. The number of carbonyl (C=O) groups is 1. The van der Waals surface area contributed by atoms with Gasteiger partial charge in [-0.15, -0.1) is 15.0 Å². The predicted octanol–water partition coefficient (Wildman–Crippen LogP) is 2.42. The molecule has 104 valence electrons. The molecule has 0 radical (unpaired) electrons. The van der Waals surface area contributed by atoms with Gasteiger partial charge < -0.3 is 5.73 Å². The highest BCUT2D eigenvalue weighted by Gasteiger charge is 2.15. The fourth-order valence-electron chi connectivity index (χ4n) is 1.97. The molecule has 0 aliphatic carbocycles. The van der Waals surface area contributed by atoms with Crippen LogP contribution in [0.25, 0.3) is 16.9 Å². The quantitative estimate of drug-likeness (QED) is 0.772. The first kappa shape index (κ1) is 12.9. The molecule has 0 aliphatic rings. The third-order valence-electron chi connectivity index (χ3n) is 2.89. The molecular formula is C15H13N5O. The smallest absolute Gasteiger partial charge is 0.317 e. The molecule has 3 rings (SSSR count). The minimum atomic E-state index is -0.674. The molecule has 6 nitrogen and oxygen atoms in total. The Morgan fingerprint density at radius 2 is 1.57 bits per heavy atom. The second kappa shape index (κ2) is 5.46. The summed E-state index contributed by atoms with van der Waals surface area (Å²) in [5.74, 6) is 0.331. The average molecular weight is 279 g/mol. The number of amides is 2. The zero-order valence-corrected chi connectivity index (χ0v) is 11.1. The molecule has 0 aliphatic heterocycles. The van der Waals surface area contributed by atoms with Crippen molar-refractivity contribution in [1.82, 2.24) is 15.0 Å². The Bertz CT molecular complexity index is 752. The van der Waals surface area contributed by atoms with Crippen molar-refractivity contribution in [3.8, 4) is 16.9 Å². The lowest BCUT2D eigenvalue weighted by atomic mass is 10.1. The number of hydrogen-bond acceptors (Lipinski definition) is 3. The van der Waals surface area contributed by atoms with Gasteiger partial charge in [-0.05, 0) is 12.1 Å². The summed E-state index contributed by atoms with van der Waals surface area (Å²) in [6.07, 6.45) is 0. The maximum absolute atomic E-state index is 11.1. The molecule has 2 aromatic carbocycles. The van der Waals surface area contributed by atoms with Gasteiger partial charge in [0, 0.05) is 5.56 Å². The van der Waals surface area contributed by atoms with Gasteiger partial charge in [0.2, 0.25) is 0 Å². The van der Waals surface area contributed by atoms with E-state index >= 15 is 0 Å². The van der Waals surface area contributed by atoms with Crippen LogP contribution >= 0.6 is 0 Å². The summed E-state index contributed by atoms with van der Waals surface area (Å²) < 4.78 is 0. The van der Waals surface area contributed by atoms with Crippen molar-refractivity contribution >= 4 is 11.8 Å². The lowest BCUT2D eigenvalue weighted by Gasteiger charge is -1.99. The van der Waals surface area contributed by atoms with Crippen LogP contribution in [0.3, 0.4) is 0 Å². The van der Waals surface area contributed by atoms with Crippen molar-refractivity contribution in [1.29, 1.82) is 0 Å². The highest BCUT2D eigenvalue weighted by atomic mass is 16.2. The van der Waals surface area contributed by atoms with Crippen molar-refractivity contribution in [2.45, 2.75) is 0 Å². The van der Waals surface area contributed by atoms with Crippen LogP contribution in [0.2, 0.25) is 0 Å². The molecule has 0 saturated heterocycles. The SMILES string of the molecule is NC(=O)Nc1nn(-c2ccccc2)nc1-c1ccccc1. The van der Waals surface area contributed by atoms with Crippen molar-refractivity contribution in [2.75, 3.05) is 5.32 Å². The number of nitrogens with zero attached hydrogens (tertiary/aromatic N) is 3. The molecule has 1 heterocycles. The number of urea groups is 1. The second-order valence-corrected chi connectivity index (χ2v) is 4.38. The van der Waals surface area contributed by atoms with Gasteiger partial charge >= 0.3 is 6.03 Å². The van der Waals surface area contributed by atoms with E-state index < -0.39 is 6.03 Å². The van der Waals surface area contributed by atoms with E-state index in [1.54, 1.807) is 0 Å². The molecule has 1 aromatic heterocycles. The highest BCUT2D eigenvalue weighted by molar-refractivity contribution is 5.90. The van der Waals surface area contributed by atoms with Crippen LogP contribution in [0.1, 0.15) is 0 Å². The van der Waals surface area contributed by atoms with E-state index in [0.717, 1.165) is 11.3 Å². The molecule has 0 bridgehead atoms. The number of benzene rings is 2. The zero-order valence-electron chi connectivity index (χ0n) is 11.1. The number of carbonyl (C=O) groups excluding carboxylic acids is 1. The molecule has 0 unspecified atom stereocenters. The summed E-state index contributed by atoms with van der Waals surface area (Å²) in [5.41, 5.74) is 7.41. The number of rotatable bonds is 3. The Kier molecular flexibility index (Phi) is 3.34. The number of hydrogen-bond donors (Lipinski definition) is 2. The Hall–Kier alpha value is -3.15. The maximum atomic E-state index is 11.1. The second-order valence-electron chi connectivity index (χ2n) is 4.38. The van der Waals surface area contributed by atoms with E-state index in [0.29, 0.717) is 11.5 Å². The molecule has 0 atom stereocenters. The average Bonchev–Trinajstić information content (AvgIpc) is 2.92. The van der Waals surface area contributed by atoms with Gasteiger partial charge in [-0.1, -0.05) is 48.5 Å². The molecule has 3 N–H and O–H groups in total. The fraction of sp³-hybridized carbons (Fsp3) is 0. The van der Waals surface area contributed by atoms with Crippen LogP contribution in [0.4, 0.5) is 10.6 Å². The molecule has 21 heavy (non-hydrogen) atoms. The number of aromatic nitrogens is 3. The fourth-order valence-corrected chi connectivity index (χ4v) is 1.97. The van der Waals surface area contributed by atoms with Gasteiger partial charge in [0.1, 0.15) is 5.69 Å². The maximum Gasteiger partial charge on any atom is 0.317 e. The van der Waals surface area contributed by atoms with Crippen LogP contribution in [-0.2, 0) is 0 Å². The summed E-state index contributed by atoms with van der Waals surface area (Å²) in [4.78, 5) is 12.6. The monoisotopic (exact) mass is 279 g/mol. The van der Waals surface area contributed by atoms with E-state index in [1.807, 2.05) is 60.7 Å². The normalized spacial score (nSPS) is 10.3. The van der Waals surface area contributed by atoms with E-state index in [-0.39, 0.29) is 0 Å². The third-order valence-corrected chi connectivity index (χ3v) is 2.89. The predicted molar refractivity (Wildman–Crippen MR) is 80.0 cm³/mol. The Morgan fingerprint density at radius 1 is 0.952 bits per heavy atom. The summed E-state index contributed by atoms with van der Waals surface area (Å²) in [7, 11) is 0.